The van der Waals surface area contributed by atoms with Crippen LogP contribution in [0.3, 0.4) is 0 Å². The van der Waals surface area contributed by atoms with Gasteiger partial charge in [0.25, 0.3) is 11.8 Å². The summed E-state index contributed by atoms with van der Waals surface area (Å²) in [6, 6.07) is 7.12. The summed E-state index contributed by atoms with van der Waals surface area (Å²) in [5.41, 5.74) is 1.10. The van der Waals surface area contributed by atoms with Crippen molar-refractivity contribution in [1.29, 1.82) is 0 Å². The maximum Gasteiger partial charge on any atom is 0.261 e. The van der Waals surface area contributed by atoms with Crippen LogP contribution in [-0.2, 0) is 6.54 Å². The van der Waals surface area contributed by atoms with Gasteiger partial charge in [-0.05, 0) is 49.7 Å². The van der Waals surface area contributed by atoms with Gasteiger partial charge in [-0.3, -0.25) is 14.5 Å². The molecule has 0 spiro atoms. The highest BCUT2D eigenvalue weighted by atomic mass is 16.2. The SMILES string of the molecule is O=C1c2ccccc2C(=O)N1CC1CCC(Cn2ccnc2)CC1. The number of nitrogens with zero attached hydrogens (tertiary/aromatic N) is 3. The van der Waals surface area contributed by atoms with Gasteiger partial charge in [-0.15, -0.1) is 0 Å². The fourth-order valence-corrected chi connectivity index (χ4v) is 3.95. The predicted molar refractivity (Wildman–Crippen MR) is 89.5 cm³/mol. The summed E-state index contributed by atoms with van der Waals surface area (Å²) in [4.78, 5) is 30.4. The van der Waals surface area contributed by atoms with E-state index in [1.807, 2.05) is 30.9 Å². The Balaban J connectivity index is 1.35. The molecule has 5 nitrogen and oxygen atoms in total. The minimum Gasteiger partial charge on any atom is -0.337 e. The standard InChI is InChI=1S/C19H21N3O2/c23-18-16-3-1-2-4-17(16)19(24)22(18)12-15-7-5-14(6-8-15)11-21-10-9-20-13-21/h1-4,9-10,13-15H,5-8,11-12H2. The number of hydrogen-bond donors (Lipinski definition) is 0. The summed E-state index contributed by atoms with van der Waals surface area (Å²) in [6.07, 6.45) is 10.1. The first-order valence-corrected chi connectivity index (χ1v) is 8.63. The molecule has 1 fully saturated rings. The molecule has 4 rings (SSSR count). The normalized spacial score (nSPS) is 23.6. The second-order valence-corrected chi connectivity index (χ2v) is 6.91. The zero-order chi connectivity index (χ0) is 16.5. The summed E-state index contributed by atoms with van der Waals surface area (Å²) in [5, 5.41) is 0. The molecule has 5 heteroatoms. The monoisotopic (exact) mass is 323 g/mol. The molecule has 2 amide bonds. The molecule has 0 saturated heterocycles. The lowest BCUT2D eigenvalue weighted by Gasteiger charge is -2.30. The molecule has 1 saturated carbocycles. The molecule has 2 aromatic rings. The van der Waals surface area contributed by atoms with Crippen LogP contribution in [0.4, 0.5) is 0 Å². The van der Waals surface area contributed by atoms with Gasteiger partial charge in [0, 0.05) is 25.5 Å². The number of hydrogen-bond acceptors (Lipinski definition) is 3. The fraction of sp³-hybridized carbons (Fsp3) is 0.421. The van der Waals surface area contributed by atoms with Crippen LogP contribution in [-0.4, -0.2) is 32.8 Å². The number of rotatable bonds is 4. The Morgan fingerprint density at radius 3 is 2.04 bits per heavy atom. The van der Waals surface area contributed by atoms with Crippen LogP contribution in [0.1, 0.15) is 46.4 Å². The van der Waals surface area contributed by atoms with Gasteiger partial charge in [0.15, 0.2) is 0 Å². The highest BCUT2D eigenvalue weighted by Gasteiger charge is 2.36. The van der Waals surface area contributed by atoms with Crippen molar-refractivity contribution in [2.24, 2.45) is 11.8 Å². The largest absolute Gasteiger partial charge is 0.337 e. The van der Waals surface area contributed by atoms with Crippen molar-refractivity contribution in [1.82, 2.24) is 14.5 Å². The first-order chi connectivity index (χ1) is 11.7. The van der Waals surface area contributed by atoms with Crippen molar-refractivity contribution in [3.8, 4) is 0 Å². The zero-order valence-corrected chi connectivity index (χ0v) is 13.6. The summed E-state index contributed by atoms with van der Waals surface area (Å²) in [5.74, 6) is 0.830. The minimum absolute atomic E-state index is 0.129. The maximum atomic E-state index is 12.5. The Morgan fingerprint density at radius 2 is 1.50 bits per heavy atom. The third kappa shape index (κ3) is 2.75. The first kappa shape index (κ1) is 15.1. The van der Waals surface area contributed by atoms with Crippen molar-refractivity contribution in [2.45, 2.75) is 32.2 Å². The molecule has 0 radical (unpaired) electrons. The van der Waals surface area contributed by atoms with Crippen LogP contribution in [0.2, 0.25) is 0 Å². The quantitative estimate of drug-likeness (QED) is 0.813. The molecule has 1 aromatic heterocycles. The number of aromatic nitrogens is 2. The number of fused-ring (bicyclic) bond motifs is 1. The third-order valence-corrected chi connectivity index (χ3v) is 5.31. The van der Waals surface area contributed by atoms with Crippen LogP contribution >= 0.6 is 0 Å². The molecule has 1 aliphatic heterocycles. The number of imidazole rings is 1. The minimum atomic E-state index is -0.129. The molecule has 0 bridgehead atoms. The predicted octanol–water partition coefficient (Wildman–Crippen LogP) is 2.99. The van der Waals surface area contributed by atoms with Crippen molar-refractivity contribution in [3.63, 3.8) is 0 Å². The smallest absolute Gasteiger partial charge is 0.261 e. The van der Waals surface area contributed by atoms with E-state index in [2.05, 4.69) is 9.55 Å². The second kappa shape index (κ2) is 6.23. The molecule has 2 aliphatic rings. The van der Waals surface area contributed by atoms with Gasteiger partial charge in [0.2, 0.25) is 0 Å². The molecule has 0 unspecified atom stereocenters. The fourth-order valence-electron chi connectivity index (χ4n) is 3.95. The highest BCUT2D eigenvalue weighted by Crippen LogP contribution is 2.32. The van der Waals surface area contributed by atoms with Crippen LogP contribution in [0.15, 0.2) is 43.0 Å². The molecular formula is C19H21N3O2. The number of amides is 2. The number of carbonyl (C=O) groups excluding carboxylic acids is 2. The summed E-state index contributed by atoms with van der Waals surface area (Å²) in [7, 11) is 0. The molecule has 1 aliphatic carbocycles. The van der Waals surface area contributed by atoms with Crippen LogP contribution in [0.25, 0.3) is 0 Å². The molecule has 0 N–H and O–H groups in total. The Bertz CT molecular complexity index is 711. The van der Waals surface area contributed by atoms with Crippen molar-refractivity contribution >= 4 is 11.8 Å². The van der Waals surface area contributed by atoms with Gasteiger partial charge < -0.3 is 4.57 Å². The van der Waals surface area contributed by atoms with Crippen LogP contribution in [0, 0.1) is 11.8 Å². The number of benzene rings is 1. The lowest BCUT2D eigenvalue weighted by Crippen LogP contribution is -2.36. The van der Waals surface area contributed by atoms with Crippen LogP contribution in [0.5, 0.6) is 0 Å². The van der Waals surface area contributed by atoms with E-state index in [9.17, 15) is 9.59 Å². The lowest BCUT2D eigenvalue weighted by molar-refractivity contribution is 0.0608. The van der Waals surface area contributed by atoms with E-state index in [0.29, 0.717) is 29.5 Å². The van der Waals surface area contributed by atoms with E-state index in [0.717, 1.165) is 32.2 Å². The summed E-state index contributed by atoms with van der Waals surface area (Å²) >= 11 is 0. The average molecular weight is 323 g/mol. The van der Waals surface area contributed by atoms with Gasteiger partial charge in [0.1, 0.15) is 0 Å². The third-order valence-electron chi connectivity index (χ3n) is 5.31. The topological polar surface area (TPSA) is 55.2 Å². The van der Waals surface area contributed by atoms with Crippen molar-refractivity contribution in [2.75, 3.05) is 6.54 Å². The van der Waals surface area contributed by atoms with Crippen molar-refractivity contribution < 1.29 is 9.59 Å². The highest BCUT2D eigenvalue weighted by molar-refractivity contribution is 6.21. The van der Waals surface area contributed by atoms with E-state index < -0.39 is 0 Å². The van der Waals surface area contributed by atoms with Gasteiger partial charge in [-0.2, -0.15) is 0 Å². The molecule has 24 heavy (non-hydrogen) atoms. The van der Waals surface area contributed by atoms with Crippen molar-refractivity contribution in [3.05, 3.63) is 54.1 Å². The molecule has 124 valence electrons. The van der Waals surface area contributed by atoms with E-state index in [-0.39, 0.29) is 11.8 Å². The first-order valence-electron chi connectivity index (χ1n) is 8.63. The Labute approximate surface area is 141 Å². The van der Waals surface area contributed by atoms with E-state index in [1.165, 1.54) is 4.90 Å². The van der Waals surface area contributed by atoms with Gasteiger partial charge >= 0.3 is 0 Å². The van der Waals surface area contributed by atoms with Gasteiger partial charge in [-0.1, -0.05) is 12.1 Å². The Morgan fingerprint density at radius 1 is 0.917 bits per heavy atom. The Hall–Kier alpha value is -2.43. The van der Waals surface area contributed by atoms with E-state index in [1.54, 1.807) is 12.1 Å². The van der Waals surface area contributed by atoms with Crippen LogP contribution < -0.4 is 0 Å². The molecule has 2 heterocycles. The average Bonchev–Trinajstić information content (AvgIpc) is 3.20. The second-order valence-electron chi connectivity index (χ2n) is 6.91. The molecule has 1 aromatic carbocycles. The zero-order valence-electron chi connectivity index (χ0n) is 13.6. The Kier molecular flexibility index (Phi) is 3.92. The molecule has 0 atom stereocenters. The summed E-state index contributed by atoms with van der Waals surface area (Å²) in [6.45, 7) is 1.57. The van der Waals surface area contributed by atoms with Gasteiger partial charge in [-0.25, -0.2) is 4.98 Å². The number of imide groups is 1. The maximum absolute atomic E-state index is 12.5. The van der Waals surface area contributed by atoms with E-state index >= 15 is 0 Å². The van der Waals surface area contributed by atoms with Gasteiger partial charge in [0.05, 0.1) is 17.5 Å². The lowest BCUT2D eigenvalue weighted by atomic mass is 9.81. The summed E-state index contributed by atoms with van der Waals surface area (Å²) < 4.78 is 2.13. The number of carbonyl (C=O) groups is 2. The van der Waals surface area contributed by atoms with E-state index in [4.69, 9.17) is 0 Å². The molecular weight excluding hydrogens is 302 g/mol.